The van der Waals surface area contributed by atoms with Crippen molar-refractivity contribution in [2.45, 2.75) is 32.6 Å². The number of carbonyl (C=O) groups excluding carboxylic acids is 2. The summed E-state index contributed by atoms with van der Waals surface area (Å²) >= 11 is 0. The highest BCUT2D eigenvalue weighted by atomic mass is 16.2. The molecule has 0 aromatic heterocycles. The first-order valence-electron chi connectivity index (χ1n) is 5.20. The van der Waals surface area contributed by atoms with Gasteiger partial charge in [-0.2, -0.15) is 0 Å². The molecule has 0 aromatic carbocycles. The van der Waals surface area contributed by atoms with Gasteiger partial charge >= 0.3 is 0 Å². The lowest BCUT2D eigenvalue weighted by Gasteiger charge is -2.52. The zero-order valence-electron chi connectivity index (χ0n) is 7.88. The van der Waals surface area contributed by atoms with E-state index in [0.29, 0.717) is 5.92 Å². The third-order valence-electron chi connectivity index (χ3n) is 4.33. The lowest BCUT2D eigenvalue weighted by atomic mass is 9.49. The Hall–Kier alpha value is -0.660. The molecule has 0 radical (unpaired) electrons. The van der Waals surface area contributed by atoms with Crippen molar-refractivity contribution in [3.05, 3.63) is 0 Å². The fraction of sp³-hybridized carbons (Fsp3) is 0.818. The zero-order valence-corrected chi connectivity index (χ0v) is 7.88. The average Bonchev–Trinajstić information content (AvgIpc) is 2.10. The molecule has 2 nitrogen and oxygen atoms in total. The van der Waals surface area contributed by atoms with E-state index in [-0.39, 0.29) is 23.4 Å². The van der Waals surface area contributed by atoms with Gasteiger partial charge in [-0.3, -0.25) is 9.59 Å². The van der Waals surface area contributed by atoms with Crippen molar-refractivity contribution in [1.82, 2.24) is 0 Å². The topological polar surface area (TPSA) is 34.1 Å². The summed E-state index contributed by atoms with van der Waals surface area (Å²) in [5.41, 5.74) is -0.561. The summed E-state index contributed by atoms with van der Waals surface area (Å²) < 4.78 is 0. The second-order valence-corrected chi connectivity index (χ2v) is 5.23. The number of hydrogen-bond donors (Lipinski definition) is 0. The Kier molecular flexibility index (Phi) is 1.21. The number of rotatable bonds is 0. The van der Waals surface area contributed by atoms with Crippen molar-refractivity contribution in [3.63, 3.8) is 0 Å². The van der Waals surface area contributed by atoms with Crippen molar-refractivity contribution in [1.29, 1.82) is 0 Å². The molecule has 0 saturated heterocycles. The van der Waals surface area contributed by atoms with Gasteiger partial charge < -0.3 is 0 Å². The Bertz CT molecular complexity index is 281. The van der Waals surface area contributed by atoms with Crippen LogP contribution in [0.25, 0.3) is 0 Å². The second kappa shape index (κ2) is 2.05. The van der Waals surface area contributed by atoms with Gasteiger partial charge in [0.1, 0.15) is 11.6 Å². The summed E-state index contributed by atoms with van der Waals surface area (Å²) in [5.74, 6) is 1.65. The molecule has 4 bridgehead atoms. The van der Waals surface area contributed by atoms with E-state index in [1.807, 2.05) is 6.92 Å². The van der Waals surface area contributed by atoms with Crippen LogP contribution in [0.1, 0.15) is 32.6 Å². The monoisotopic (exact) mass is 178 g/mol. The molecule has 4 aliphatic carbocycles. The van der Waals surface area contributed by atoms with E-state index < -0.39 is 5.41 Å². The van der Waals surface area contributed by atoms with Gasteiger partial charge in [-0.15, -0.1) is 0 Å². The van der Waals surface area contributed by atoms with Crippen molar-refractivity contribution in [2.75, 3.05) is 0 Å². The number of hydrogen-bond acceptors (Lipinski definition) is 2. The molecule has 2 atom stereocenters. The van der Waals surface area contributed by atoms with Gasteiger partial charge in [0, 0.05) is 11.8 Å². The summed E-state index contributed by atoms with van der Waals surface area (Å²) in [6.45, 7) is 1.88. The SMILES string of the molecule is CC12CC3CC(CC(C3)C1=O)C2=O. The van der Waals surface area contributed by atoms with Gasteiger partial charge in [0.2, 0.25) is 0 Å². The average molecular weight is 178 g/mol. The van der Waals surface area contributed by atoms with Crippen LogP contribution in [-0.2, 0) is 9.59 Å². The molecule has 0 amide bonds. The summed E-state index contributed by atoms with van der Waals surface area (Å²) in [4.78, 5) is 23.8. The molecule has 0 aromatic rings. The molecule has 0 heterocycles. The van der Waals surface area contributed by atoms with E-state index in [0.717, 1.165) is 25.7 Å². The van der Waals surface area contributed by atoms with E-state index in [1.54, 1.807) is 0 Å². The minimum Gasteiger partial charge on any atom is -0.298 e. The molecular weight excluding hydrogens is 164 g/mol. The van der Waals surface area contributed by atoms with Gasteiger partial charge in [0.25, 0.3) is 0 Å². The molecule has 4 rings (SSSR count). The normalized spacial score (nSPS) is 53.2. The van der Waals surface area contributed by atoms with Gasteiger partial charge in [-0.05, 0) is 38.5 Å². The Morgan fingerprint density at radius 2 is 1.62 bits per heavy atom. The largest absolute Gasteiger partial charge is 0.298 e. The third kappa shape index (κ3) is 0.749. The van der Waals surface area contributed by atoms with Gasteiger partial charge in [0.05, 0.1) is 5.41 Å². The first-order valence-corrected chi connectivity index (χ1v) is 5.20. The minimum atomic E-state index is -0.561. The minimum absolute atomic E-state index is 0.236. The predicted molar refractivity (Wildman–Crippen MR) is 47.1 cm³/mol. The maximum atomic E-state index is 11.9. The van der Waals surface area contributed by atoms with Gasteiger partial charge in [0.15, 0.2) is 0 Å². The van der Waals surface area contributed by atoms with Crippen LogP contribution in [0.2, 0.25) is 0 Å². The molecule has 0 spiro atoms. The highest BCUT2D eigenvalue weighted by Gasteiger charge is 2.59. The first kappa shape index (κ1) is 7.72. The Balaban J connectivity index is 2.11. The standard InChI is InChI=1S/C11H14O2/c1-11-5-6-2-7(9(11)12)4-8(3-6)10(11)13/h6-8H,2-5H2,1H3. The molecule has 13 heavy (non-hydrogen) atoms. The molecule has 70 valence electrons. The summed E-state index contributed by atoms with van der Waals surface area (Å²) in [6.07, 6.45) is 3.85. The Morgan fingerprint density at radius 3 is 2.15 bits per heavy atom. The Morgan fingerprint density at radius 1 is 1.08 bits per heavy atom. The van der Waals surface area contributed by atoms with Crippen LogP contribution >= 0.6 is 0 Å². The molecule has 0 N–H and O–H groups in total. The molecule has 2 heteroatoms. The lowest BCUT2D eigenvalue weighted by Crippen LogP contribution is -2.58. The maximum Gasteiger partial charge on any atom is 0.149 e. The first-order chi connectivity index (χ1) is 6.11. The van der Waals surface area contributed by atoms with Crippen LogP contribution in [0, 0.1) is 23.2 Å². The third-order valence-corrected chi connectivity index (χ3v) is 4.33. The van der Waals surface area contributed by atoms with E-state index in [9.17, 15) is 9.59 Å². The summed E-state index contributed by atoms with van der Waals surface area (Å²) in [6, 6.07) is 0. The summed E-state index contributed by atoms with van der Waals surface area (Å²) in [5, 5.41) is 0. The van der Waals surface area contributed by atoms with Crippen LogP contribution < -0.4 is 0 Å². The molecule has 0 aliphatic heterocycles. The van der Waals surface area contributed by atoms with E-state index in [4.69, 9.17) is 0 Å². The molecule has 4 fully saturated rings. The van der Waals surface area contributed by atoms with E-state index >= 15 is 0 Å². The quantitative estimate of drug-likeness (QED) is 0.528. The lowest BCUT2D eigenvalue weighted by molar-refractivity contribution is -0.162. The van der Waals surface area contributed by atoms with Crippen LogP contribution in [0.5, 0.6) is 0 Å². The molecular formula is C11H14O2. The summed E-state index contributed by atoms with van der Waals surface area (Å²) in [7, 11) is 0. The van der Waals surface area contributed by atoms with Crippen molar-refractivity contribution in [2.24, 2.45) is 23.2 Å². The van der Waals surface area contributed by atoms with Crippen molar-refractivity contribution < 1.29 is 9.59 Å². The molecule has 4 aliphatic rings. The van der Waals surface area contributed by atoms with Crippen LogP contribution in [0.4, 0.5) is 0 Å². The van der Waals surface area contributed by atoms with Crippen molar-refractivity contribution in [3.8, 4) is 0 Å². The highest BCUT2D eigenvalue weighted by molar-refractivity contribution is 6.11. The van der Waals surface area contributed by atoms with Gasteiger partial charge in [-0.1, -0.05) is 0 Å². The fourth-order valence-corrected chi connectivity index (χ4v) is 3.83. The van der Waals surface area contributed by atoms with Gasteiger partial charge in [-0.25, -0.2) is 0 Å². The van der Waals surface area contributed by atoms with Crippen LogP contribution in [-0.4, -0.2) is 11.6 Å². The fourth-order valence-electron chi connectivity index (χ4n) is 3.83. The second-order valence-electron chi connectivity index (χ2n) is 5.23. The van der Waals surface area contributed by atoms with Crippen molar-refractivity contribution >= 4 is 11.6 Å². The highest BCUT2D eigenvalue weighted by Crippen LogP contribution is 2.55. The molecule has 4 saturated carbocycles. The number of ketones is 2. The smallest absolute Gasteiger partial charge is 0.149 e. The zero-order chi connectivity index (χ0) is 9.22. The maximum absolute atomic E-state index is 11.9. The van der Waals surface area contributed by atoms with E-state index in [1.165, 1.54) is 0 Å². The van der Waals surface area contributed by atoms with E-state index in [2.05, 4.69) is 0 Å². The predicted octanol–water partition coefficient (Wildman–Crippen LogP) is 1.58. The number of Topliss-reactive ketones (excluding diaryl/α,β-unsaturated/α-hetero) is 2. The Labute approximate surface area is 77.7 Å². The van der Waals surface area contributed by atoms with Crippen LogP contribution in [0.3, 0.4) is 0 Å². The molecule has 2 unspecified atom stereocenters. The van der Waals surface area contributed by atoms with Crippen LogP contribution in [0.15, 0.2) is 0 Å². The number of carbonyl (C=O) groups is 2.